The zero-order chi connectivity index (χ0) is 20.5. The van der Waals surface area contributed by atoms with E-state index in [-0.39, 0.29) is 18.4 Å². The van der Waals surface area contributed by atoms with Crippen molar-refractivity contribution in [2.45, 2.75) is 32.5 Å². The number of para-hydroxylation sites is 1. The number of hydrogen-bond donors (Lipinski definition) is 4. The number of hydrogen-bond acceptors (Lipinski definition) is 8. The first-order valence-electron chi connectivity index (χ1n) is 9.14. The molecule has 4 rings (SSSR count). The van der Waals surface area contributed by atoms with Gasteiger partial charge in [-0.3, -0.25) is 14.6 Å². The Morgan fingerprint density at radius 1 is 1.34 bits per heavy atom. The maximum absolute atomic E-state index is 12.8. The number of rotatable bonds is 5. The Balaban J connectivity index is 1.49. The number of nitrogens with one attached hydrogen (secondary N) is 4. The molecule has 1 aromatic heterocycles. The van der Waals surface area contributed by atoms with Crippen molar-refractivity contribution in [3.8, 4) is 5.75 Å². The lowest BCUT2D eigenvalue weighted by atomic mass is 10.0. The Labute approximate surface area is 167 Å². The van der Waals surface area contributed by atoms with E-state index >= 15 is 0 Å². The Bertz CT molecular complexity index is 965. The third-order valence-corrected chi connectivity index (χ3v) is 5.06. The number of amides is 2. The molecule has 2 aliphatic rings. The SMILES string of the molecule is COc1ccccc1C1=CN2NNC(C(=O)NCc3c(C)noc3C)C2C(=O)N1. The van der Waals surface area contributed by atoms with E-state index in [1.165, 1.54) is 0 Å². The molecule has 2 atom stereocenters. The molecule has 3 heterocycles. The average molecular weight is 398 g/mol. The van der Waals surface area contributed by atoms with Gasteiger partial charge in [-0.25, -0.2) is 5.43 Å². The molecule has 1 fully saturated rings. The van der Waals surface area contributed by atoms with Crippen LogP contribution in [0.25, 0.3) is 5.70 Å². The maximum Gasteiger partial charge on any atom is 0.251 e. The molecule has 0 saturated carbocycles. The van der Waals surface area contributed by atoms with Crippen LogP contribution < -0.4 is 26.3 Å². The zero-order valence-corrected chi connectivity index (χ0v) is 16.3. The second-order valence-corrected chi connectivity index (χ2v) is 6.84. The van der Waals surface area contributed by atoms with Gasteiger partial charge in [-0.2, -0.15) is 5.53 Å². The highest BCUT2D eigenvalue weighted by molar-refractivity contribution is 5.98. The summed E-state index contributed by atoms with van der Waals surface area (Å²) in [5.74, 6) is 0.679. The van der Waals surface area contributed by atoms with Crippen LogP contribution in [-0.4, -0.2) is 41.2 Å². The topological polar surface area (TPSA) is 121 Å². The van der Waals surface area contributed by atoms with Crippen LogP contribution in [0.3, 0.4) is 0 Å². The predicted octanol–water partition coefficient (Wildman–Crippen LogP) is 0.107. The Hall–Kier alpha value is -3.37. The fraction of sp³-hybridized carbons (Fsp3) is 0.316. The molecule has 10 nitrogen and oxygen atoms in total. The van der Waals surface area contributed by atoms with Crippen molar-refractivity contribution in [3.05, 3.63) is 53.0 Å². The van der Waals surface area contributed by atoms with Crippen molar-refractivity contribution >= 4 is 17.5 Å². The second-order valence-electron chi connectivity index (χ2n) is 6.84. The smallest absolute Gasteiger partial charge is 0.251 e. The summed E-state index contributed by atoms with van der Waals surface area (Å²) in [5.41, 5.74) is 8.64. The quantitative estimate of drug-likeness (QED) is 0.560. The summed E-state index contributed by atoms with van der Waals surface area (Å²) in [4.78, 5) is 25.5. The van der Waals surface area contributed by atoms with Gasteiger partial charge in [-0.05, 0) is 26.0 Å². The summed E-state index contributed by atoms with van der Waals surface area (Å²) in [6, 6.07) is 5.87. The molecular weight excluding hydrogens is 376 g/mol. The minimum absolute atomic E-state index is 0.273. The van der Waals surface area contributed by atoms with Crippen LogP contribution in [0.1, 0.15) is 22.6 Å². The average Bonchev–Trinajstić information content (AvgIpc) is 3.30. The number of carbonyl (C=O) groups excluding carboxylic acids is 2. The molecule has 0 spiro atoms. The van der Waals surface area contributed by atoms with Gasteiger partial charge in [0.2, 0.25) is 5.91 Å². The van der Waals surface area contributed by atoms with E-state index in [4.69, 9.17) is 9.26 Å². The van der Waals surface area contributed by atoms with Crippen LogP contribution in [0.2, 0.25) is 0 Å². The van der Waals surface area contributed by atoms with Gasteiger partial charge in [0.05, 0.1) is 18.5 Å². The molecule has 10 heteroatoms. The lowest BCUT2D eigenvalue weighted by Crippen LogP contribution is -2.55. The zero-order valence-electron chi connectivity index (χ0n) is 16.3. The predicted molar refractivity (Wildman–Crippen MR) is 103 cm³/mol. The van der Waals surface area contributed by atoms with Gasteiger partial charge < -0.3 is 19.9 Å². The Kier molecular flexibility index (Phi) is 4.95. The molecule has 2 unspecified atom stereocenters. The van der Waals surface area contributed by atoms with E-state index < -0.39 is 12.1 Å². The van der Waals surface area contributed by atoms with Gasteiger partial charge in [0, 0.05) is 23.9 Å². The first-order chi connectivity index (χ1) is 14.0. The molecule has 0 bridgehead atoms. The van der Waals surface area contributed by atoms with Crippen LogP contribution in [0.5, 0.6) is 5.75 Å². The lowest BCUT2D eigenvalue weighted by molar-refractivity contribution is -0.130. The Morgan fingerprint density at radius 2 is 2.14 bits per heavy atom. The first kappa shape index (κ1) is 19.0. The number of benzene rings is 1. The van der Waals surface area contributed by atoms with E-state index in [9.17, 15) is 9.59 Å². The van der Waals surface area contributed by atoms with Gasteiger partial charge in [0.15, 0.2) is 6.04 Å². The number of aryl methyl sites for hydroxylation is 2. The summed E-state index contributed by atoms with van der Waals surface area (Å²) in [5, 5.41) is 11.2. The van der Waals surface area contributed by atoms with Crippen molar-refractivity contribution in [2.24, 2.45) is 0 Å². The van der Waals surface area contributed by atoms with Crippen molar-refractivity contribution < 1.29 is 18.8 Å². The number of methoxy groups -OCH3 is 1. The highest BCUT2D eigenvalue weighted by Gasteiger charge is 2.45. The third-order valence-electron chi connectivity index (χ3n) is 5.06. The normalized spacial score (nSPS) is 20.7. The van der Waals surface area contributed by atoms with Gasteiger partial charge in [-0.1, -0.05) is 17.3 Å². The fourth-order valence-electron chi connectivity index (χ4n) is 3.47. The molecule has 0 radical (unpaired) electrons. The molecule has 2 aliphatic heterocycles. The van der Waals surface area contributed by atoms with Crippen LogP contribution in [0, 0.1) is 13.8 Å². The van der Waals surface area contributed by atoms with Crippen molar-refractivity contribution in [3.63, 3.8) is 0 Å². The van der Waals surface area contributed by atoms with Crippen LogP contribution >= 0.6 is 0 Å². The monoisotopic (exact) mass is 398 g/mol. The van der Waals surface area contributed by atoms with Crippen LogP contribution in [-0.2, 0) is 16.1 Å². The highest BCUT2D eigenvalue weighted by atomic mass is 16.5. The van der Waals surface area contributed by atoms with Crippen molar-refractivity contribution in [2.75, 3.05) is 7.11 Å². The van der Waals surface area contributed by atoms with E-state index in [1.54, 1.807) is 25.2 Å². The van der Waals surface area contributed by atoms with E-state index in [0.717, 1.165) is 16.8 Å². The molecular formula is C19H22N6O4. The minimum Gasteiger partial charge on any atom is -0.496 e. The summed E-state index contributed by atoms with van der Waals surface area (Å²) >= 11 is 0. The van der Waals surface area contributed by atoms with E-state index in [1.807, 2.05) is 31.2 Å². The van der Waals surface area contributed by atoms with Gasteiger partial charge in [-0.15, -0.1) is 0 Å². The highest BCUT2D eigenvalue weighted by Crippen LogP contribution is 2.28. The van der Waals surface area contributed by atoms with Crippen molar-refractivity contribution in [1.29, 1.82) is 0 Å². The summed E-state index contributed by atoms with van der Waals surface area (Å²) in [7, 11) is 1.57. The van der Waals surface area contributed by atoms with Crippen molar-refractivity contribution in [1.82, 2.24) is 31.8 Å². The number of fused-ring (bicyclic) bond motifs is 1. The standard InChI is InChI=1S/C19H22N6O4/c1-10-13(11(2)29-23-10)8-20-18(26)16-17-19(27)21-14(9-25(17)24-22-16)12-6-4-5-7-15(12)28-3/h4-7,9,16-17,22,24H,8H2,1-3H3,(H,20,26)(H,21,27). The summed E-state index contributed by atoms with van der Waals surface area (Å²) < 4.78 is 10.5. The Morgan fingerprint density at radius 3 is 2.86 bits per heavy atom. The molecule has 2 aromatic rings. The molecule has 1 aromatic carbocycles. The summed E-state index contributed by atoms with van der Waals surface area (Å²) in [6.45, 7) is 3.88. The van der Waals surface area contributed by atoms with E-state index in [2.05, 4.69) is 26.8 Å². The number of hydrazine groups is 2. The van der Waals surface area contributed by atoms with E-state index in [0.29, 0.717) is 17.2 Å². The number of nitrogens with zero attached hydrogens (tertiary/aromatic N) is 2. The third kappa shape index (κ3) is 3.43. The number of carbonyl (C=O) groups is 2. The van der Waals surface area contributed by atoms with Crippen LogP contribution in [0.4, 0.5) is 0 Å². The molecule has 2 amide bonds. The largest absolute Gasteiger partial charge is 0.496 e. The van der Waals surface area contributed by atoms with Gasteiger partial charge in [0.1, 0.15) is 17.6 Å². The minimum atomic E-state index is -0.772. The molecule has 29 heavy (non-hydrogen) atoms. The number of ether oxygens (including phenoxy) is 1. The molecule has 1 saturated heterocycles. The molecule has 152 valence electrons. The lowest BCUT2D eigenvalue weighted by Gasteiger charge is -2.29. The van der Waals surface area contributed by atoms with Gasteiger partial charge in [0.25, 0.3) is 5.91 Å². The second kappa shape index (κ2) is 7.57. The molecule has 4 N–H and O–H groups in total. The van der Waals surface area contributed by atoms with Gasteiger partial charge >= 0.3 is 0 Å². The number of aromatic nitrogens is 1. The molecule has 0 aliphatic carbocycles. The maximum atomic E-state index is 12.8. The summed E-state index contributed by atoms with van der Waals surface area (Å²) in [6.07, 6.45) is 1.73. The first-order valence-corrected chi connectivity index (χ1v) is 9.14. The fourth-order valence-corrected chi connectivity index (χ4v) is 3.47. The van der Waals surface area contributed by atoms with Crippen LogP contribution in [0.15, 0.2) is 35.0 Å².